The quantitative estimate of drug-likeness (QED) is 0.771. The molecule has 6 heteroatoms. The number of hydrogen-bond acceptors (Lipinski definition) is 4. The van der Waals surface area contributed by atoms with Crippen LogP contribution in [-0.2, 0) is 0 Å². The van der Waals surface area contributed by atoms with Gasteiger partial charge in [-0.05, 0) is 37.1 Å². The molecule has 1 atom stereocenters. The highest BCUT2D eigenvalue weighted by molar-refractivity contribution is 5.91. The number of para-hydroxylation sites is 2. The van der Waals surface area contributed by atoms with Gasteiger partial charge in [0.05, 0.1) is 11.9 Å². The number of nitrogens with one attached hydrogen (secondary N) is 1. The summed E-state index contributed by atoms with van der Waals surface area (Å²) >= 11 is 0. The van der Waals surface area contributed by atoms with Crippen molar-refractivity contribution in [1.82, 2.24) is 20.3 Å². The predicted molar refractivity (Wildman–Crippen MR) is 101 cm³/mol. The third-order valence-electron chi connectivity index (χ3n) is 4.67. The normalized spacial score (nSPS) is 16.6. The average Bonchev–Trinajstić information content (AvgIpc) is 3.37. The van der Waals surface area contributed by atoms with Crippen LogP contribution in [-0.4, -0.2) is 40.0 Å². The van der Waals surface area contributed by atoms with Gasteiger partial charge in [-0.2, -0.15) is 9.90 Å². The molecule has 132 valence electrons. The van der Waals surface area contributed by atoms with Crippen molar-refractivity contribution < 1.29 is 4.79 Å². The fourth-order valence-corrected chi connectivity index (χ4v) is 3.36. The van der Waals surface area contributed by atoms with Crippen molar-refractivity contribution >= 4 is 11.6 Å². The van der Waals surface area contributed by atoms with Crippen molar-refractivity contribution in [3.63, 3.8) is 0 Å². The van der Waals surface area contributed by atoms with Gasteiger partial charge < -0.3 is 10.2 Å². The van der Waals surface area contributed by atoms with Gasteiger partial charge >= 0.3 is 0 Å². The lowest BCUT2D eigenvalue weighted by Crippen LogP contribution is -2.40. The van der Waals surface area contributed by atoms with Crippen LogP contribution in [0.1, 0.15) is 23.3 Å². The van der Waals surface area contributed by atoms with Gasteiger partial charge in [-0.1, -0.05) is 36.4 Å². The zero-order valence-electron chi connectivity index (χ0n) is 14.5. The molecule has 1 fully saturated rings. The maximum atomic E-state index is 12.4. The second-order valence-electron chi connectivity index (χ2n) is 6.39. The predicted octanol–water partition coefficient (Wildman–Crippen LogP) is 2.67. The summed E-state index contributed by atoms with van der Waals surface area (Å²) in [6.07, 6.45) is 3.72. The fourth-order valence-electron chi connectivity index (χ4n) is 3.36. The summed E-state index contributed by atoms with van der Waals surface area (Å²) in [7, 11) is 0. The van der Waals surface area contributed by atoms with E-state index in [1.807, 2.05) is 48.5 Å². The van der Waals surface area contributed by atoms with Crippen LogP contribution in [0.5, 0.6) is 0 Å². The Bertz CT molecular complexity index is 862. The molecule has 3 aromatic rings. The highest BCUT2D eigenvalue weighted by Crippen LogP contribution is 2.24. The Morgan fingerprint density at radius 3 is 2.46 bits per heavy atom. The maximum Gasteiger partial charge on any atom is 0.273 e. The first-order valence-electron chi connectivity index (χ1n) is 8.89. The van der Waals surface area contributed by atoms with Crippen molar-refractivity contribution in [3.05, 3.63) is 72.6 Å². The van der Waals surface area contributed by atoms with Crippen molar-refractivity contribution in [3.8, 4) is 5.69 Å². The average molecular weight is 347 g/mol. The van der Waals surface area contributed by atoms with Gasteiger partial charge in [-0.25, -0.2) is 0 Å². The number of hydrogen-bond donors (Lipinski definition) is 1. The standard InChI is InChI=1S/C20H21N5O/c26-20(19-15-22-25(23-19)17-10-5-2-6-11-17)21-14-18-12-7-13-24(18)16-8-3-1-4-9-16/h1-6,8-11,15,18H,7,12-14H2,(H,21,26). The van der Waals surface area contributed by atoms with E-state index in [1.54, 1.807) is 0 Å². The summed E-state index contributed by atoms with van der Waals surface area (Å²) in [5.74, 6) is -0.188. The number of aromatic nitrogens is 3. The number of anilines is 1. The zero-order chi connectivity index (χ0) is 17.8. The summed E-state index contributed by atoms with van der Waals surface area (Å²) in [6, 6.07) is 20.2. The van der Waals surface area contributed by atoms with E-state index in [-0.39, 0.29) is 5.91 Å². The van der Waals surface area contributed by atoms with E-state index in [9.17, 15) is 4.79 Å². The number of carbonyl (C=O) groups excluding carboxylic acids is 1. The molecule has 6 nitrogen and oxygen atoms in total. The SMILES string of the molecule is O=C(NCC1CCCN1c1ccccc1)c1cnn(-c2ccccc2)n1. The molecule has 4 rings (SSSR count). The van der Waals surface area contributed by atoms with E-state index in [0.29, 0.717) is 18.3 Å². The lowest BCUT2D eigenvalue weighted by Gasteiger charge is -2.26. The molecule has 26 heavy (non-hydrogen) atoms. The third-order valence-corrected chi connectivity index (χ3v) is 4.67. The summed E-state index contributed by atoms with van der Waals surface area (Å²) in [6.45, 7) is 1.63. The summed E-state index contributed by atoms with van der Waals surface area (Å²) in [5.41, 5.74) is 2.37. The van der Waals surface area contributed by atoms with E-state index in [2.05, 4.69) is 32.5 Å². The molecule has 1 amide bonds. The highest BCUT2D eigenvalue weighted by atomic mass is 16.2. The van der Waals surface area contributed by atoms with Gasteiger partial charge in [0, 0.05) is 24.8 Å². The molecule has 0 bridgehead atoms. The second-order valence-corrected chi connectivity index (χ2v) is 6.39. The van der Waals surface area contributed by atoms with Crippen LogP contribution in [0.4, 0.5) is 5.69 Å². The largest absolute Gasteiger partial charge is 0.367 e. The molecule has 1 saturated heterocycles. The Kier molecular flexibility index (Phi) is 4.64. The molecular formula is C20H21N5O. The summed E-state index contributed by atoms with van der Waals surface area (Å²) < 4.78 is 0. The Hall–Kier alpha value is -3.15. The van der Waals surface area contributed by atoms with E-state index < -0.39 is 0 Å². The first-order valence-corrected chi connectivity index (χ1v) is 8.89. The first-order chi connectivity index (χ1) is 12.8. The number of benzene rings is 2. The molecule has 0 spiro atoms. The highest BCUT2D eigenvalue weighted by Gasteiger charge is 2.25. The number of amides is 1. The molecule has 1 aliphatic heterocycles. The van der Waals surface area contributed by atoms with Gasteiger partial charge in [0.1, 0.15) is 0 Å². The minimum absolute atomic E-state index is 0.188. The number of nitrogens with zero attached hydrogens (tertiary/aromatic N) is 4. The van der Waals surface area contributed by atoms with Gasteiger partial charge in [0.15, 0.2) is 5.69 Å². The molecule has 0 saturated carbocycles. The van der Waals surface area contributed by atoms with Gasteiger partial charge in [0.25, 0.3) is 5.91 Å². The molecule has 2 heterocycles. The lowest BCUT2D eigenvalue weighted by atomic mass is 10.2. The molecular weight excluding hydrogens is 326 g/mol. The second kappa shape index (κ2) is 7.39. The zero-order valence-corrected chi connectivity index (χ0v) is 14.5. The van der Waals surface area contributed by atoms with Crippen LogP contribution in [0, 0.1) is 0 Å². The van der Waals surface area contributed by atoms with Crippen molar-refractivity contribution in [2.24, 2.45) is 0 Å². The summed E-state index contributed by atoms with van der Waals surface area (Å²) in [4.78, 5) is 16.3. The Balaban J connectivity index is 1.39. The molecule has 0 radical (unpaired) electrons. The molecule has 1 aliphatic rings. The van der Waals surface area contributed by atoms with Crippen LogP contribution in [0.15, 0.2) is 66.9 Å². The van der Waals surface area contributed by atoms with Crippen LogP contribution >= 0.6 is 0 Å². The monoisotopic (exact) mass is 347 g/mol. The van der Waals surface area contributed by atoms with Crippen LogP contribution < -0.4 is 10.2 Å². The molecule has 1 N–H and O–H groups in total. The lowest BCUT2D eigenvalue weighted by molar-refractivity contribution is 0.0946. The molecule has 1 unspecified atom stereocenters. The third kappa shape index (κ3) is 3.44. The van der Waals surface area contributed by atoms with E-state index in [4.69, 9.17) is 0 Å². The maximum absolute atomic E-state index is 12.4. The number of carbonyl (C=O) groups is 1. The van der Waals surface area contributed by atoms with Gasteiger partial charge in [-0.15, -0.1) is 5.10 Å². The number of rotatable bonds is 5. The van der Waals surface area contributed by atoms with Crippen molar-refractivity contribution in [2.75, 3.05) is 18.0 Å². The molecule has 1 aromatic heterocycles. The van der Waals surface area contributed by atoms with E-state index in [1.165, 1.54) is 16.7 Å². The van der Waals surface area contributed by atoms with Crippen LogP contribution in [0.3, 0.4) is 0 Å². The Labute approximate surface area is 152 Å². The molecule has 0 aliphatic carbocycles. The minimum atomic E-state index is -0.188. The Morgan fingerprint density at radius 1 is 1.04 bits per heavy atom. The van der Waals surface area contributed by atoms with E-state index >= 15 is 0 Å². The first kappa shape index (κ1) is 16.3. The van der Waals surface area contributed by atoms with Gasteiger partial charge in [-0.3, -0.25) is 4.79 Å². The topological polar surface area (TPSA) is 63.1 Å². The van der Waals surface area contributed by atoms with E-state index in [0.717, 1.165) is 25.1 Å². The molecule has 2 aromatic carbocycles. The van der Waals surface area contributed by atoms with Crippen LogP contribution in [0.2, 0.25) is 0 Å². The van der Waals surface area contributed by atoms with Crippen molar-refractivity contribution in [2.45, 2.75) is 18.9 Å². The summed E-state index contributed by atoms with van der Waals surface area (Å²) in [5, 5.41) is 11.5. The minimum Gasteiger partial charge on any atom is -0.367 e. The van der Waals surface area contributed by atoms with Crippen molar-refractivity contribution in [1.29, 1.82) is 0 Å². The smallest absolute Gasteiger partial charge is 0.273 e. The van der Waals surface area contributed by atoms with Crippen LogP contribution in [0.25, 0.3) is 5.69 Å². The Morgan fingerprint density at radius 2 is 1.73 bits per heavy atom. The fraction of sp³-hybridized carbons (Fsp3) is 0.250. The van der Waals surface area contributed by atoms with Gasteiger partial charge in [0.2, 0.25) is 0 Å².